The molecule has 0 spiro atoms. The van der Waals surface area contributed by atoms with Crippen LogP contribution in [0, 0.1) is 0 Å². The van der Waals surface area contributed by atoms with Crippen molar-refractivity contribution in [2.24, 2.45) is 5.73 Å². The molecule has 0 aliphatic carbocycles. The first-order valence-electron chi connectivity index (χ1n) is 5.41. The second-order valence-corrected chi connectivity index (χ2v) is 6.26. The molecule has 0 bridgehead atoms. The van der Waals surface area contributed by atoms with Crippen LogP contribution in [0.4, 0.5) is 0 Å². The van der Waals surface area contributed by atoms with Gasteiger partial charge in [0.15, 0.2) is 11.0 Å². The van der Waals surface area contributed by atoms with Crippen molar-refractivity contribution in [3.8, 4) is 10.7 Å². The van der Waals surface area contributed by atoms with E-state index in [1.807, 2.05) is 12.1 Å². The molecule has 0 radical (unpaired) electrons. The normalized spacial score (nSPS) is 19.4. The fourth-order valence-electron chi connectivity index (χ4n) is 2.16. The zero-order valence-electron chi connectivity index (χ0n) is 8.99. The first kappa shape index (κ1) is 11.5. The van der Waals surface area contributed by atoms with Crippen molar-refractivity contribution in [3.05, 3.63) is 27.3 Å². The van der Waals surface area contributed by atoms with Crippen LogP contribution in [-0.4, -0.2) is 15.6 Å². The lowest BCUT2D eigenvalue weighted by atomic mass is 10.1. The van der Waals surface area contributed by atoms with Crippen LogP contribution < -0.4 is 5.73 Å². The quantitative estimate of drug-likeness (QED) is 0.875. The molecule has 0 amide bonds. The molecule has 3 nitrogen and oxygen atoms in total. The number of nitrogens with two attached hydrogens (primary N) is 1. The summed E-state index contributed by atoms with van der Waals surface area (Å²) in [6.07, 6.45) is 1.86. The van der Waals surface area contributed by atoms with Crippen molar-refractivity contribution in [2.45, 2.75) is 25.4 Å². The topological polar surface area (TPSA) is 43.8 Å². The van der Waals surface area contributed by atoms with E-state index in [0.717, 1.165) is 40.1 Å². The first-order chi connectivity index (χ1) is 8.15. The molecular weight excluding hydrogens is 277 g/mol. The van der Waals surface area contributed by atoms with Crippen molar-refractivity contribution in [1.82, 2.24) is 9.55 Å². The fourth-order valence-corrected chi connectivity index (χ4v) is 3.48. The average molecular weight is 288 g/mol. The summed E-state index contributed by atoms with van der Waals surface area (Å²) in [4.78, 5) is 5.47. The molecule has 1 aliphatic rings. The third-order valence-electron chi connectivity index (χ3n) is 2.99. The van der Waals surface area contributed by atoms with Crippen molar-refractivity contribution < 1.29 is 0 Å². The zero-order chi connectivity index (χ0) is 12.0. The lowest BCUT2D eigenvalue weighted by Crippen LogP contribution is -2.32. The van der Waals surface area contributed by atoms with E-state index in [-0.39, 0.29) is 6.04 Å². The van der Waals surface area contributed by atoms with E-state index < -0.39 is 0 Å². The molecule has 0 saturated heterocycles. The van der Waals surface area contributed by atoms with Gasteiger partial charge >= 0.3 is 0 Å². The van der Waals surface area contributed by atoms with E-state index in [9.17, 15) is 0 Å². The minimum atomic E-state index is 0.182. The van der Waals surface area contributed by atoms with Gasteiger partial charge in [-0.05, 0) is 25.0 Å². The van der Waals surface area contributed by atoms with E-state index in [0.29, 0.717) is 5.15 Å². The van der Waals surface area contributed by atoms with Crippen LogP contribution in [0.25, 0.3) is 10.7 Å². The van der Waals surface area contributed by atoms with Gasteiger partial charge in [-0.25, -0.2) is 4.98 Å². The minimum Gasteiger partial charge on any atom is -0.326 e. The van der Waals surface area contributed by atoms with Gasteiger partial charge < -0.3 is 10.3 Å². The summed E-state index contributed by atoms with van der Waals surface area (Å²) in [5.74, 6) is 0.886. The Morgan fingerprint density at radius 2 is 2.24 bits per heavy atom. The predicted molar refractivity (Wildman–Crippen MR) is 71.9 cm³/mol. The highest BCUT2D eigenvalue weighted by atomic mass is 35.5. The Balaban J connectivity index is 2.12. The molecule has 90 valence electrons. The van der Waals surface area contributed by atoms with Crippen LogP contribution in [0.2, 0.25) is 9.49 Å². The Morgan fingerprint density at radius 3 is 2.94 bits per heavy atom. The van der Waals surface area contributed by atoms with Gasteiger partial charge in [0.1, 0.15) is 0 Å². The maximum Gasteiger partial charge on any atom is 0.152 e. The molecule has 2 aromatic rings. The van der Waals surface area contributed by atoms with Crippen molar-refractivity contribution in [1.29, 1.82) is 0 Å². The number of halogens is 2. The molecule has 3 heterocycles. The molecule has 2 aromatic heterocycles. The molecule has 3 rings (SSSR count). The maximum absolute atomic E-state index is 6.17. The number of rotatable bonds is 1. The monoisotopic (exact) mass is 287 g/mol. The summed E-state index contributed by atoms with van der Waals surface area (Å²) in [5.41, 5.74) is 7.09. The van der Waals surface area contributed by atoms with E-state index in [4.69, 9.17) is 28.9 Å². The van der Waals surface area contributed by atoms with Gasteiger partial charge in [0.2, 0.25) is 0 Å². The highest BCUT2D eigenvalue weighted by Crippen LogP contribution is 2.34. The summed E-state index contributed by atoms with van der Waals surface area (Å²) in [6, 6.07) is 4.03. The third kappa shape index (κ3) is 1.99. The van der Waals surface area contributed by atoms with Gasteiger partial charge in [0.05, 0.1) is 14.9 Å². The maximum atomic E-state index is 6.17. The van der Waals surface area contributed by atoms with Gasteiger partial charge in [-0.3, -0.25) is 0 Å². The van der Waals surface area contributed by atoms with Crippen LogP contribution in [0.1, 0.15) is 12.1 Å². The van der Waals surface area contributed by atoms with Crippen LogP contribution in [0.5, 0.6) is 0 Å². The Morgan fingerprint density at radius 1 is 1.41 bits per heavy atom. The largest absolute Gasteiger partial charge is 0.326 e. The zero-order valence-corrected chi connectivity index (χ0v) is 11.3. The lowest BCUT2D eigenvalue weighted by Gasteiger charge is -2.22. The van der Waals surface area contributed by atoms with E-state index in [1.54, 1.807) is 0 Å². The summed E-state index contributed by atoms with van der Waals surface area (Å²) in [5, 5.41) is 0.594. The molecule has 17 heavy (non-hydrogen) atoms. The Kier molecular flexibility index (Phi) is 2.91. The number of nitrogens with zero attached hydrogens (tertiary/aromatic N) is 2. The van der Waals surface area contributed by atoms with Crippen molar-refractivity contribution in [3.63, 3.8) is 0 Å². The highest BCUT2D eigenvalue weighted by Gasteiger charge is 2.23. The standard InChI is InChI=1S/C11H11Cl2N3S/c12-9-4-3-8(17-9)11-15-10(13)7-2-1-6(14)5-16(7)11/h3-4,6H,1-2,5,14H2. The molecule has 0 aromatic carbocycles. The molecule has 0 saturated carbocycles. The molecule has 1 atom stereocenters. The fraction of sp³-hybridized carbons (Fsp3) is 0.364. The minimum absolute atomic E-state index is 0.182. The van der Waals surface area contributed by atoms with Gasteiger partial charge in [0.25, 0.3) is 0 Å². The molecule has 1 unspecified atom stereocenters. The van der Waals surface area contributed by atoms with E-state index in [1.165, 1.54) is 11.3 Å². The number of imidazole rings is 1. The van der Waals surface area contributed by atoms with Crippen LogP contribution in [0.3, 0.4) is 0 Å². The van der Waals surface area contributed by atoms with Gasteiger partial charge in [-0.15, -0.1) is 11.3 Å². The smallest absolute Gasteiger partial charge is 0.152 e. The molecule has 2 N–H and O–H groups in total. The van der Waals surface area contributed by atoms with Crippen LogP contribution in [0.15, 0.2) is 12.1 Å². The summed E-state index contributed by atoms with van der Waals surface area (Å²) in [6.45, 7) is 0.778. The lowest BCUT2D eigenvalue weighted by molar-refractivity contribution is 0.464. The predicted octanol–water partition coefficient (Wildman–Crippen LogP) is 3.19. The Bertz CT molecular complexity index is 561. The van der Waals surface area contributed by atoms with E-state index in [2.05, 4.69) is 9.55 Å². The second kappa shape index (κ2) is 4.28. The molecule has 6 heteroatoms. The first-order valence-corrected chi connectivity index (χ1v) is 6.98. The number of fused-ring (bicyclic) bond motifs is 1. The highest BCUT2D eigenvalue weighted by molar-refractivity contribution is 7.19. The summed E-state index contributed by atoms with van der Waals surface area (Å²) >= 11 is 13.6. The molecule has 1 aliphatic heterocycles. The second-order valence-electron chi connectivity index (χ2n) is 4.19. The Hall–Kier alpha value is -0.550. The third-order valence-corrected chi connectivity index (χ3v) is 4.52. The number of hydrogen-bond acceptors (Lipinski definition) is 3. The molecule has 0 fully saturated rings. The van der Waals surface area contributed by atoms with Gasteiger partial charge in [-0.1, -0.05) is 23.2 Å². The number of aromatic nitrogens is 2. The molecular formula is C11H11Cl2N3S. The van der Waals surface area contributed by atoms with Gasteiger partial charge in [-0.2, -0.15) is 0 Å². The van der Waals surface area contributed by atoms with Crippen LogP contribution in [-0.2, 0) is 13.0 Å². The van der Waals surface area contributed by atoms with Crippen LogP contribution >= 0.6 is 34.5 Å². The van der Waals surface area contributed by atoms with Gasteiger partial charge in [0, 0.05) is 12.6 Å². The summed E-state index contributed by atoms with van der Waals surface area (Å²) in [7, 11) is 0. The number of thiophene rings is 1. The Labute approximate surface area is 113 Å². The van der Waals surface area contributed by atoms with Crippen molar-refractivity contribution >= 4 is 34.5 Å². The number of hydrogen-bond donors (Lipinski definition) is 1. The van der Waals surface area contributed by atoms with E-state index >= 15 is 0 Å². The SMILES string of the molecule is NC1CCc2c(Cl)nc(-c3ccc(Cl)s3)n2C1. The summed E-state index contributed by atoms with van der Waals surface area (Å²) < 4.78 is 2.88. The average Bonchev–Trinajstić information content (AvgIpc) is 2.83. The van der Waals surface area contributed by atoms with Crippen molar-refractivity contribution in [2.75, 3.05) is 0 Å².